The van der Waals surface area contributed by atoms with Crippen molar-refractivity contribution in [2.24, 2.45) is 5.73 Å². The summed E-state index contributed by atoms with van der Waals surface area (Å²) in [5, 5.41) is 11.9. The second kappa shape index (κ2) is 10.5. The van der Waals surface area contributed by atoms with Crippen LogP contribution in [0.3, 0.4) is 0 Å². The predicted octanol–water partition coefficient (Wildman–Crippen LogP) is -0.0295. The van der Waals surface area contributed by atoms with Crippen molar-refractivity contribution in [1.82, 2.24) is 15.2 Å². The van der Waals surface area contributed by atoms with Gasteiger partial charge in [-0.2, -0.15) is 0 Å². The van der Waals surface area contributed by atoms with Crippen LogP contribution in [-0.4, -0.2) is 58.5 Å². The molecule has 1 aromatic carbocycles. The van der Waals surface area contributed by atoms with Crippen LogP contribution in [0.1, 0.15) is 49.1 Å². The molecule has 1 aliphatic carbocycles. The van der Waals surface area contributed by atoms with E-state index in [4.69, 9.17) is 11.1 Å². The smallest absolute Gasteiger partial charge is 0.313 e. The molecule has 0 spiro atoms. The molecule has 6 N–H and O–H groups in total. The molecular weight excluding hydrogens is 432 g/mol. The first-order valence-electron chi connectivity index (χ1n) is 11.7. The second-order valence-corrected chi connectivity index (χ2v) is 8.92. The molecule has 9 heteroatoms. The highest BCUT2D eigenvalue weighted by molar-refractivity contribution is 6.43. The third-order valence-electron chi connectivity index (χ3n) is 6.73. The summed E-state index contributed by atoms with van der Waals surface area (Å²) in [6.45, 7) is 0.485. The Labute approximate surface area is 198 Å². The molecule has 0 bridgehead atoms. The topological polar surface area (TPSA) is 143 Å². The third-order valence-corrected chi connectivity index (χ3v) is 6.73. The summed E-state index contributed by atoms with van der Waals surface area (Å²) in [6, 6.07) is 11.6. The van der Waals surface area contributed by atoms with Gasteiger partial charge in [0.05, 0.1) is 24.0 Å². The van der Waals surface area contributed by atoms with Gasteiger partial charge in [-0.3, -0.25) is 19.4 Å². The summed E-state index contributed by atoms with van der Waals surface area (Å²) >= 11 is 0. The van der Waals surface area contributed by atoms with Crippen LogP contribution in [0, 0.1) is 0 Å². The van der Waals surface area contributed by atoms with Gasteiger partial charge in [0.2, 0.25) is 11.8 Å². The van der Waals surface area contributed by atoms with Crippen LogP contribution in [-0.2, 0) is 14.4 Å². The number of likely N-dealkylation sites (tertiary alicyclic amines) is 1. The maximum atomic E-state index is 13.0. The van der Waals surface area contributed by atoms with Gasteiger partial charge in [-0.15, -0.1) is 0 Å². The lowest BCUT2D eigenvalue weighted by Gasteiger charge is -2.26. The van der Waals surface area contributed by atoms with Crippen molar-refractivity contribution in [3.05, 3.63) is 59.9 Å². The number of hydrogen-bond donors (Lipinski definition) is 4. The van der Waals surface area contributed by atoms with E-state index in [2.05, 4.69) is 27.8 Å². The normalized spacial score (nSPS) is 21.8. The SMILES string of the molecule is NC(=O)C(=[NH2+])c1ccncc1NCC(=O)N1CCC[C@H]1C(=O)N[C@H]1CC[C@H](c2ccccc2)C1. The summed E-state index contributed by atoms with van der Waals surface area (Å²) in [5.41, 5.74) is 7.31. The number of carbonyl (C=O) groups excluding carboxylic acids is 3. The van der Waals surface area contributed by atoms with Gasteiger partial charge in [0.25, 0.3) is 5.71 Å². The monoisotopic (exact) mass is 463 g/mol. The summed E-state index contributed by atoms with van der Waals surface area (Å²) in [4.78, 5) is 43.1. The molecule has 1 saturated heterocycles. The van der Waals surface area contributed by atoms with Crippen LogP contribution < -0.4 is 21.8 Å². The van der Waals surface area contributed by atoms with E-state index in [0.29, 0.717) is 30.1 Å². The minimum Gasteiger partial charge on any atom is -0.374 e. The molecule has 1 aromatic heterocycles. The van der Waals surface area contributed by atoms with Gasteiger partial charge >= 0.3 is 5.91 Å². The van der Waals surface area contributed by atoms with E-state index in [1.165, 1.54) is 18.0 Å². The fourth-order valence-electron chi connectivity index (χ4n) is 4.95. The fraction of sp³-hybridized carbons (Fsp3) is 0.400. The molecule has 0 radical (unpaired) electrons. The number of benzene rings is 1. The van der Waals surface area contributed by atoms with Crippen LogP contribution in [0.5, 0.6) is 0 Å². The number of nitrogens with one attached hydrogen (secondary N) is 2. The number of nitrogens with two attached hydrogens (primary N) is 2. The Balaban J connectivity index is 1.33. The number of nitrogens with zero attached hydrogens (tertiary/aromatic N) is 2. The lowest BCUT2D eigenvalue weighted by molar-refractivity contribution is -0.137. The van der Waals surface area contributed by atoms with E-state index in [1.54, 1.807) is 11.0 Å². The van der Waals surface area contributed by atoms with Gasteiger partial charge in [0.1, 0.15) is 6.04 Å². The first kappa shape index (κ1) is 23.4. The van der Waals surface area contributed by atoms with Crippen LogP contribution in [0.2, 0.25) is 0 Å². The molecule has 2 aromatic rings. The van der Waals surface area contributed by atoms with Crippen molar-refractivity contribution in [3.63, 3.8) is 0 Å². The Morgan fingerprint density at radius 1 is 1.12 bits per heavy atom. The Morgan fingerprint density at radius 3 is 2.68 bits per heavy atom. The standard InChI is InChI=1S/C25H30N6O3/c26-23(24(27)33)19-10-11-28-14-20(19)29-15-22(32)31-12-4-7-21(31)25(34)30-18-9-8-17(13-18)16-5-2-1-3-6-16/h1-3,5-6,10-11,14,17-18,21,26,29H,4,7-9,12-13,15H2,(H2,27,33)(H,30,34)/p+1/t17-,18-,21-/m0/s1. The zero-order valence-electron chi connectivity index (χ0n) is 19.1. The third kappa shape index (κ3) is 5.24. The van der Waals surface area contributed by atoms with Crippen molar-refractivity contribution in [1.29, 1.82) is 0 Å². The van der Waals surface area contributed by atoms with E-state index in [-0.39, 0.29) is 30.1 Å². The van der Waals surface area contributed by atoms with Crippen LogP contribution >= 0.6 is 0 Å². The number of amides is 3. The molecule has 2 aliphatic rings. The largest absolute Gasteiger partial charge is 0.374 e. The summed E-state index contributed by atoms with van der Waals surface area (Å²) in [7, 11) is 0. The molecule has 34 heavy (non-hydrogen) atoms. The molecule has 3 amide bonds. The predicted molar refractivity (Wildman–Crippen MR) is 128 cm³/mol. The molecule has 3 atom stereocenters. The van der Waals surface area contributed by atoms with Crippen molar-refractivity contribution >= 4 is 29.1 Å². The molecule has 9 nitrogen and oxygen atoms in total. The van der Waals surface area contributed by atoms with Crippen molar-refractivity contribution in [2.45, 2.75) is 50.1 Å². The van der Waals surface area contributed by atoms with Gasteiger partial charge in [-0.1, -0.05) is 30.3 Å². The van der Waals surface area contributed by atoms with Crippen LogP contribution in [0.25, 0.3) is 0 Å². The highest BCUT2D eigenvalue weighted by atomic mass is 16.2. The highest BCUT2D eigenvalue weighted by Gasteiger charge is 2.36. The summed E-state index contributed by atoms with van der Waals surface area (Å²) in [5.74, 6) is -0.578. The molecular formula is C25H31N6O3+. The maximum Gasteiger partial charge on any atom is 0.313 e. The van der Waals surface area contributed by atoms with Gasteiger partial charge in [-0.25, -0.2) is 5.41 Å². The first-order chi connectivity index (χ1) is 16.4. The fourth-order valence-corrected chi connectivity index (χ4v) is 4.95. The summed E-state index contributed by atoms with van der Waals surface area (Å²) < 4.78 is 0. The number of primary amides is 1. The number of pyridine rings is 1. The van der Waals surface area contributed by atoms with Crippen molar-refractivity contribution < 1.29 is 19.8 Å². The highest BCUT2D eigenvalue weighted by Crippen LogP contribution is 2.34. The lowest BCUT2D eigenvalue weighted by atomic mass is 9.97. The van der Waals surface area contributed by atoms with E-state index in [1.807, 2.05) is 18.2 Å². The van der Waals surface area contributed by atoms with Gasteiger partial charge < -0.3 is 21.3 Å². The molecule has 1 aliphatic heterocycles. The van der Waals surface area contributed by atoms with Gasteiger partial charge in [0.15, 0.2) is 0 Å². The zero-order chi connectivity index (χ0) is 24.1. The van der Waals surface area contributed by atoms with Crippen LogP contribution in [0.15, 0.2) is 48.8 Å². The molecule has 0 unspecified atom stereocenters. The molecule has 178 valence electrons. The zero-order valence-corrected chi connectivity index (χ0v) is 19.1. The van der Waals surface area contributed by atoms with E-state index in [9.17, 15) is 14.4 Å². The molecule has 1 saturated carbocycles. The molecule has 2 fully saturated rings. The van der Waals surface area contributed by atoms with E-state index < -0.39 is 11.9 Å². The van der Waals surface area contributed by atoms with Crippen LogP contribution in [0.4, 0.5) is 5.69 Å². The summed E-state index contributed by atoms with van der Waals surface area (Å²) in [6.07, 6.45) is 7.30. The van der Waals surface area contributed by atoms with Crippen molar-refractivity contribution in [3.8, 4) is 0 Å². The molecule has 4 rings (SSSR count). The van der Waals surface area contributed by atoms with Gasteiger partial charge in [-0.05, 0) is 49.7 Å². The Bertz CT molecular complexity index is 1070. The van der Waals surface area contributed by atoms with E-state index in [0.717, 1.165) is 25.7 Å². The number of rotatable bonds is 8. The Hall–Kier alpha value is -3.75. The van der Waals surface area contributed by atoms with Gasteiger partial charge in [0, 0.05) is 18.8 Å². The lowest BCUT2D eigenvalue weighted by Crippen LogP contribution is -2.50. The average Bonchev–Trinajstić information content (AvgIpc) is 3.53. The maximum absolute atomic E-state index is 13.0. The Kier molecular flexibility index (Phi) is 7.20. The minimum absolute atomic E-state index is 0.0476. The van der Waals surface area contributed by atoms with Crippen molar-refractivity contribution in [2.75, 3.05) is 18.4 Å². The first-order valence-corrected chi connectivity index (χ1v) is 11.7. The average molecular weight is 464 g/mol. The Morgan fingerprint density at radius 2 is 1.91 bits per heavy atom. The number of carbonyl (C=O) groups is 3. The quantitative estimate of drug-likeness (QED) is 0.407. The second-order valence-electron chi connectivity index (χ2n) is 8.92. The number of hydrogen-bond acceptors (Lipinski definition) is 5. The number of aromatic nitrogens is 1. The molecule has 2 heterocycles. The minimum atomic E-state index is -0.752. The van der Waals surface area contributed by atoms with E-state index >= 15 is 0 Å². The number of anilines is 1.